The Balaban J connectivity index is 1.87. The third kappa shape index (κ3) is 6.82. The summed E-state index contributed by atoms with van der Waals surface area (Å²) in [4.78, 5) is 8.44. The topological polar surface area (TPSA) is 92.7 Å². The van der Waals surface area contributed by atoms with E-state index in [2.05, 4.69) is 34.5 Å². The predicted octanol–water partition coefficient (Wildman–Crippen LogP) is 1.75. The summed E-state index contributed by atoms with van der Waals surface area (Å²) in [7, 11) is -1.24. The molecular weight excluding hydrogens is 352 g/mol. The van der Waals surface area contributed by atoms with E-state index < -0.39 is 9.84 Å². The number of ether oxygens (including phenoxy) is 1. The summed E-state index contributed by atoms with van der Waals surface area (Å²) >= 11 is 0. The summed E-state index contributed by atoms with van der Waals surface area (Å²) in [6, 6.07) is 3.75. The molecule has 0 amide bonds. The number of aromatic nitrogens is 1. The van der Waals surface area contributed by atoms with E-state index in [9.17, 15) is 8.42 Å². The van der Waals surface area contributed by atoms with Gasteiger partial charge in [0.2, 0.25) is 5.88 Å². The first-order valence-electron chi connectivity index (χ1n) is 9.06. The second-order valence-electron chi connectivity index (χ2n) is 7.23. The number of nitrogens with zero attached hydrogens (tertiary/aromatic N) is 2. The van der Waals surface area contributed by atoms with Crippen molar-refractivity contribution in [2.24, 2.45) is 10.9 Å². The number of nitrogens with one attached hydrogen (secondary N) is 2. The fourth-order valence-electron chi connectivity index (χ4n) is 3.03. The van der Waals surface area contributed by atoms with Crippen molar-refractivity contribution in [2.75, 3.05) is 18.6 Å². The van der Waals surface area contributed by atoms with Gasteiger partial charge in [-0.2, -0.15) is 0 Å². The van der Waals surface area contributed by atoms with Crippen molar-refractivity contribution in [3.63, 3.8) is 0 Å². The standard InChI is InChI=1S/C18H30N4O3S/c1-13(2)9-14(3)25-17-10-15(5-7-20-17)11-21-18(19-4)22-16-6-8-26(23,24)12-16/h5,7,10,13-14,16H,6,8-9,11-12H2,1-4H3,(H2,19,21,22). The van der Waals surface area contributed by atoms with Crippen LogP contribution < -0.4 is 15.4 Å². The minimum absolute atomic E-state index is 0.0839. The maximum atomic E-state index is 11.6. The van der Waals surface area contributed by atoms with E-state index in [0.717, 1.165) is 12.0 Å². The largest absolute Gasteiger partial charge is 0.475 e. The maximum Gasteiger partial charge on any atom is 0.213 e. The SMILES string of the molecule is CN=C(NCc1ccnc(OC(C)CC(C)C)c1)NC1CCS(=O)(=O)C1. The summed E-state index contributed by atoms with van der Waals surface area (Å²) in [5.74, 6) is 2.18. The first-order valence-corrected chi connectivity index (χ1v) is 10.9. The van der Waals surface area contributed by atoms with Crippen LogP contribution in [0.3, 0.4) is 0 Å². The molecule has 0 bridgehead atoms. The molecule has 0 aliphatic carbocycles. The molecule has 2 rings (SSSR count). The lowest BCUT2D eigenvalue weighted by Gasteiger charge is -2.17. The van der Waals surface area contributed by atoms with Gasteiger partial charge in [0.1, 0.15) is 0 Å². The van der Waals surface area contributed by atoms with Gasteiger partial charge in [-0.25, -0.2) is 13.4 Å². The first-order chi connectivity index (χ1) is 12.3. The zero-order valence-corrected chi connectivity index (χ0v) is 16.8. The van der Waals surface area contributed by atoms with Crippen molar-refractivity contribution in [1.82, 2.24) is 15.6 Å². The molecule has 2 atom stereocenters. The van der Waals surface area contributed by atoms with Crippen LogP contribution in [-0.2, 0) is 16.4 Å². The zero-order valence-electron chi connectivity index (χ0n) is 16.0. The van der Waals surface area contributed by atoms with E-state index in [0.29, 0.717) is 30.7 Å². The van der Waals surface area contributed by atoms with E-state index in [1.807, 2.05) is 19.1 Å². The number of hydrogen-bond donors (Lipinski definition) is 2. The fourth-order valence-corrected chi connectivity index (χ4v) is 4.70. The van der Waals surface area contributed by atoms with Crippen molar-refractivity contribution in [3.8, 4) is 5.88 Å². The van der Waals surface area contributed by atoms with Crippen LogP contribution in [0, 0.1) is 5.92 Å². The van der Waals surface area contributed by atoms with Gasteiger partial charge < -0.3 is 15.4 Å². The fraction of sp³-hybridized carbons (Fsp3) is 0.667. The van der Waals surface area contributed by atoms with Crippen LogP contribution in [0.25, 0.3) is 0 Å². The second kappa shape index (κ2) is 9.21. The third-order valence-corrected chi connectivity index (χ3v) is 5.95. The number of rotatable bonds is 7. The molecule has 146 valence electrons. The Labute approximate surface area is 156 Å². The lowest BCUT2D eigenvalue weighted by molar-refractivity contribution is 0.185. The van der Waals surface area contributed by atoms with Gasteiger partial charge in [-0.1, -0.05) is 13.8 Å². The number of pyridine rings is 1. The van der Waals surface area contributed by atoms with Crippen LogP contribution in [0.4, 0.5) is 0 Å². The molecule has 1 saturated heterocycles. The van der Waals surface area contributed by atoms with Gasteiger partial charge in [-0.15, -0.1) is 0 Å². The zero-order chi connectivity index (χ0) is 19.2. The first kappa shape index (κ1) is 20.5. The van der Waals surface area contributed by atoms with Crippen molar-refractivity contribution < 1.29 is 13.2 Å². The molecule has 1 aromatic heterocycles. The van der Waals surface area contributed by atoms with Gasteiger partial charge in [0.05, 0.1) is 17.6 Å². The normalized spacial score (nSPS) is 20.8. The molecular formula is C18H30N4O3S. The summed E-state index contributed by atoms with van der Waals surface area (Å²) in [6.07, 6.45) is 3.44. The Kier molecular flexibility index (Phi) is 7.25. The number of sulfone groups is 1. The number of hydrogen-bond acceptors (Lipinski definition) is 5. The van der Waals surface area contributed by atoms with Crippen LogP contribution in [0.1, 0.15) is 39.2 Å². The van der Waals surface area contributed by atoms with Crippen molar-refractivity contribution in [1.29, 1.82) is 0 Å². The molecule has 0 aromatic carbocycles. The Bertz CT molecular complexity index is 719. The quantitative estimate of drug-likeness (QED) is 0.551. The highest BCUT2D eigenvalue weighted by molar-refractivity contribution is 7.91. The van der Waals surface area contributed by atoms with Gasteiger partial charge in [-0.3, -0.25) is 4.99 Å². The highest BCUT2D eigenvalue weighted by Gasteiger charge is 2.28. The summed E-state index contributed by atoms with van der Waals surface area (Å²) in [6.45, 7) is 6.94. The lowest BCUT2D eigenvalue weighted by atomic mass is 10.1. The molecule has 0 saturated carbocycles. The number of guanidine groups is 1. The van der Waals surface area contributed by atoms with Crippen molar-refractivity contribution >= 4 is 15.8 Å². The van der Waals surface area contributed by atoms with Crippen LogP contribution >= 0.6 is 0 Å². The van der Waals surface area contributed by atoms with E-state index >= 15 is 0 Å². The molecule has 1 fully saturated rings. The van der Waals surface area contributed by atoms with Gasteiger partial charge in [-0.05, 0) is 37.3 Å². The third-order valence-electron chi connectivity index (χ3n) is 4.18. The molecule has 26 heavy (non-hydrogen) atoms. The predicted molar refractivity (Wildman–Crippen MR) is 104 cm³/mol. The van der Waals surface area contributed by atoms with Crippen molar-refractivity contribution in [3.05, 3.63) is 23.9 Å². The van der Waals surface area contributed by atoms with Gasteiger partial charge >= 0.3 is 0 Å². The molecule has 2 unspecified atom stereocenters. The van der Waals surface area contributed by atoms with Gasteiger partial charge in [0.15, 0.2) is 15.8 Å². The van der Waals surface area contributed by atoms with E-state index in [1.165, 1.54) is 0 Å². The minimum Gasteiger partial charge on any atom is -0.475 e. The smallest absolute Gasteiger partial charge is 0.213 e. The van der Waals surface area contributed by atoms with Crippen LogP contribution in [0.15, 0.2) is 23.3 Å². The monoisotopic (exact) mass is 382 g/mol. The molecule has 0 radical (unpaired) electrons. The average Bonchev–Trinajstić information content (AvgIpc) is 2.89. The Morgan fingerprint density at radius 3 is 2.81 bits per heavy atom. The van der Waals surface area contributed by atoms with Gasteiger partial charge in [0, 0.05) is 31.9 Å². The van der Waals surface area contributed by atoms with Crippen molar-refractivity contribution in [2.45, 2.75) is 52.3 Å². The molecule has 2 N–H and O–H groups in total. The average molecular weight is 383 g/mol. The van der Waals surface area contributed by atoms with E-state index in [-0.39, 0.29) is 23.7 Å². The molecule has 2 heterocycles. The second-order valence-corrected chi connectivity index (χ2v) is 9.46. The Morgan fingerprint density at radius 1 is 1.42 bits per heavy atom. The Morgan fingerprint density at radius 2 is 2.19 bits per heavy atom. The molecule has 1 aliphatic rings. The van der Waals surface area contributed by atoms with Crippen LogP contribution in [0.5, 0.6) is 5.88 Å². The molecule has 8 heteroatoms. The Hall–Kier alpha value is -1.83. The highest BCUT2D eigenvalue weighted by atomic mass is 32.2. The van der Waals surface area contributed by atoms with E-state index in [1.54, 1.807) is 13.2 Å². The molecule has 7 nitrogen and oxygen atoms in total. The minimum atomic E-state index is -2.91. The molecule has 1 aromatic rings. The van der Waals surface area contributed by atoms with E-state index in [4.69, 9.17) is 4.74 Å². The maximum absolute atomic E-state index is 11.6. The summed E-state index contributed by atoms with van der Waals surface area (Å²) < 4.78 is 29.0. The summed E-state index contributed by atoms with van der Waals surface area (Å²) in [5, 5.41) is 6.39. The molecule has 0 spiro atoms. The number of aliphatic imine (C=N–C) groups is 1. The highest BCUT2D eigenvalue weighted by Crippen LogP contribution is 2.15. The van der Waals surface area contributed by atoms with Crippen LogP contribution in [0.2, 0.25) is 0 Å². The van der Waals surface area contributed by atoms with Gasteiger partial charge in [0.25, 0.3) is 0 Å². The molecule has 1 aliphatic heterocycles. The van der Waals surface area contributed by atoms with Crippen LogP contribution in [-0.4, -0.2) is 50.1 Å². The summed E-state index contributed by atoms with van der Waals surface area (Å²) in [5.41, 5.74) is 1.02. The lowest BCUT2D eigenvalue weighted by Crippen LogP contribution is -2.43.